The highest BCUT2D eigenvalue weighted by molar-refractivity contribution is 9.10. The zero-order chi connectivity index (χ0) is 13.2. The lowest BCUT2D eigenvalue weighted by Gasteiger charge is -2.29. The van der Waals surface area contributed by atoms with Gasteiger partial charge in [-0.2, -0.15) is 0 Å². The molecule has 0 amide bonds. The van der Waals surface area contributed by atoms with Crippen molar-refractivity contribution in [2.75, 3.05) is 7.11 Å². The second-order valence-corrected chi connectivity index (χ2v) is 5.21. The van der Waals surface area contributed by atoms with Gasteiger partial charge in [-0.15, -0.1) is 0 Å². The Morgan fingerprint density at radius 1 is 1.53 bits per heavy atom. The van der Waals surface area contributed by atoms with Crippen LogP contribution in [0, 0.1) is 11.2 Å². The molecule has 1 aromatic carbocycles. The van der Waals surface area contributed by atoms with E-state index in [2.05, 4.69) is 15.9 Å². The van der Waals surface area contributed by atoms with E-state index in [1.807, 2.05) is 0 Å². The second kappa shape index (κ2) is 5.14. The van der Waals surface area contributed by atoms with Gasteiger partial charge in [0.1, 0.15) is 5.82 Å². The van der Waals surface area contributed by atoms with Crippen LogP contribution in [0.2, 0.25) is 0 Å². The topological polar surface area (TPSA) is 52.3 Å². The summed E-state index contributed by atoms with van der Waals surface area (Å²) in [7, 11) is 1.32. The smallest absolute Gasteiger partial charge is 0.313 e. The lowest BCUT2D eigenvalue weighted by atomic mass is 9.81. The first-order valence-electron chi connectivity index (χ1n) is 5.09. The molecule has 3 nitrogen and oxygen atoms in total. The van der Waals surface area contributed by atoms with Crippen LogP contribution in [0.3, 0.4) is 0 Å². The fourth-order valence-corrected chi connectivity index (χ4v) is 2.13. The molecule has 0 radical (unpaired) electrons. The van der Waals surface area contributed by atoms with Gasteiger partial charge in [-0.1, -0.05) is 22.0 Å². The van der Waals surface area contributed by atoms with Gasteiger partial charge in [-0.3, -0.25) is 4.79 Å². The molecule has 0 saturated carbocycles. The van der Waals surface area contributed by atoms with E-state index in [1.165, 1.54) is 19.2 Å². The number of rotatable bonds is 3. The molecule has 2 N–H and O–H groups in total. The van der Waals surface area contributed by atoms with Crippen LogP contribution in [0.15, 0.2) is 22.7 Å². The molecule has 17 heavy (non-hydrogen) atoms. The summed E-state index contributed by atoms with van der Waals surface area (Å²) in [5.41, 5.74) is 5.84. The van der Waals surface area contributed by atoms with Crippen molar-refractivity contribution in [3.8, 4) is 0 Å². The van der Waals surface area contributed by atoms with E-state index in [9.17, 15) is 9.18 Å². The first-order chi connectivity index (χ1) is 7.80. The molecule has 0 aliphatic rings. The maximum Gasteiger partial charge on any atom is 0.313 e. The highest BCUT2D eigenvalue weighted by atomic mass is 79.9. The molecule has 0 fully saturated rings. The second-order valence-electron chi connectivity index (χ2n) is 4.36. The third-order valence-corrected chi connectivity index (χ3v) is 3.47. The highest BCUT2D eigenvalue weighted by Crippen LogP contribution is 2.36. The Morgan fingerprint density at radius 3 is 2.59 bits per heavy atom. The molecule has 0 aliphatic heterocycles. The number of hydrogen-bond donors (Lipinski definition) is 1. The van der Waals surface area contributed by atoms with Crippen LogP contribution in [-0.2, 0) is 9.53 Å². The number of halogens is 2. The maximum absolute atomic E-state index is 13.0. The van der Waals surface area contributed by atoms with Crippen molar-refractivity contribution in [3.05, 3.63) is 34.1 Å². The first kappa shape index (κ1) is 14.1. The molecule has 0 unspecified atom stereocenters. The summed E-state index contributed by atoms with van der Waals surface area (Å²) in [5, 5.41) is 0. The number of nitrogens with two attached hydrogens (primary N) is 1. The summed E-state index contributed by atoms with van der Waals surface area (Å²) in [6.07, 6.45) is 0. The Labute approximate surface area is 108 Å². The summed E-state index contributed by atoms with van der Waals surface area (Å²) in [5.74, 6) is -0.759. The van der Waals surface area contributed by atoms with E-state index in [0.717, 1.165) is 0 Å². The molecule has 0 spiro atoms. The van der Waals surface area contributed by atoms with Crippen molar-refractivity contribution in [2.24, 2.45) is 11.1 Å². The first-order valence-corrected chi connectivity index (χ1v) is 5.89. The van der Waals surface area contributed by atoms with E-state index in [4.69, 9.17) is 10.5 Å². The Morgan fingerprint density at radius 2 is 2.12 bits per heavy atom. The van der Waals surface area contributed by atoms with Gasteiger partial charge >= 0.3 is 5.97 Å². The number of carbonyl (C=O) groups excluding carboxylic acids is 1. The minimum atomic E-state index is -0.880. The number of esters is 1. The van der Waals surface area contributed by atoms with Gasteiger partial charge in [0.2, 0.25) is 0 Å². The van der Waals surface area contributed by atoms with Gasteiger partial charge in [0.15, 0.2) is 0 Å². The van der Waals surface area contributed by atoms with Gasteiger partial charge in [0.25, 0.3) is 0 Å². The summed E-state index contributed by atoms with van der Waals surface area (Å²) in [4.78, 5) is 11.6. The largest absolute Gasteiger partial charge is 0.469 e. The minimum Gasteiger partial charge on any atom is -0.469 e. The Balaban J connectivity index is 3.11. The third kappa shape index (κ3) is 2.84. The van der Waals surface area contributed by atoms with Crippen LogP contribution in [-0.4, -0.2) is 13.1 Å². The summed E-state index contributed by atoms with van der Waals surface area (Å²) < 4.78 is 18.2. The van der Waals surface area contributed by atoms with E-state index >= 15 is 0 Å². The fraction of sp³-hybridized carbons (Fsp3) is 0.417. The minimum absolute atomic E-state index is 0.358. The Hall–Kier alpha value is -0.940. The number of carbonyl (C=O) groups is 1. The quantitative estimate of drug-likeness (QED) is 0.874. The molecular formula is C12H15BrFNO2. The maximum atomic E-state index is 13.0. The van der Waals surface area contributed by atoms with Crippen molar-refractivity contribution >= 4 is 21.9 Å². The monoisotopic (exact) mass is 303 g/mol. The van der Waals surface area contributed by atoms with Gasteiger partial charge in [0, 0.05) is 10.5 Å². The lowest BCUT2D eigenvalue weighted by Crippen LogP contribution is -2.37. The zero-order valence-electron chi connectivity index (χ0n) is 9.96. The van der Waals surface area contributed by atoms with Crippen LogP contribution in [0.5, 0.6) is 0 Å². The van der Waals surface area contributed by atoms with Crippen LogP contribution in [0.4, 0.5) is 4.39 Å². The summed E-state index contributed by atoms with van der Waals surface area (Å²) in [6.45, 7) is 3.39. The van der Waals surface area contributed by atoms with E-state index in [0.29, 0.717) is 10.0 Å². The van der Waals surface area contributed by atoms with Crippen LogP contribution in [0.25, 0.3) is 0 Å². The van der Waals surface area contributed by atoms with Crippen molar-refractivity contribution < 1.29 is 13.9 Å². The predicted molar refractivity (Wildman–Crippen MR) is 66.8 cm³/mol. The molecule has 0 aliphatic carbocycles. The lowest BCUT2D eigenvalue weighted by molar-refractivity contribution is -0.152. The zero-order valence-corrected chi connectivity index (χ0v) is 11.5. The number of benzene rings is 1. The van der Waals surface area contributed by atoms with Crippen molar-refractivity contribution in [3.63, 3.8) is 0 Å². The summed E-state index contributed by atoms with van der Waals surface area (Å²) in [6, 6.07) is 3.62. The molecule has 0 saturated heterocycles. The predicted octanol–water partition coefficient (Wildman–Crippen LogP) is 2.79. The normalized spacial score (nSPS) is 13.3. The summed E-state index contributed by atoms with van der Waals surface area (Å²) >= 11 is 3.24. The Kier molecular flexibility index (Phi) is 4.27. The molecule has 0 heterocycles. The molecule has 1 rings (SSSR count). The van der Waals surface area contributed by atoms with Crippen molar-refractivity contribution in [1.82, 2.24) is 0 Å². The van der Waals surface area contributed by atoms with Gasteiger partial charge < -0.3 is 10.5 Å². The van der Waals surface area contributed by atoms with Gasteiger partial charge in [-0.05, 0) is 31.5 Å². The standard InChI is InChI=1S/C12H15BrFNO2/c1-12(2,11(16)17-3)10(15)8-5-4-7(14)6-9(8)13/h4-6,10H,15H2,1-3H3/t10-/m0/s1. The molecule has 1 atom stereocenters. The average molecular weight is 304 g/mol. The van der Waals surface area contributed by atoms with Crippen LogP contribution < -0.4 is 5.73 Å². The van der Waals surface area contributed by atoms with Crippen molar-refractivity contribution in [1.29, 1.82) is 0 Å². The SMILES string of the molecule is COC(=O)C(C)(C)[C@@H](N)c1ccc(F)cc1Br. The molecule has 0 bridgehead atoms. The van der Waals surface area contributed by atoms with Gasteiger partial charge in [0.05, 0.1) is 12.5 Å². The molecule has 94 valence electrons. The molecule has 5 heteroatoms. The average Bonchev–Trinajstić information content (AvgIpc) is 2.27. The van der Waals surface area contributed by atoms with Crippen molar-refractivity contribution in [2.45, 2.75) is 19.9 Å². The number of ether oxygens (including phenoxy) is 1. The molecular weight excluding hydrogens is 289 g/mol. The van der Waals surface area contributed by atoms with Crippen LogP contribution >= 0.6 is 15.9 Å². The van der Waals surface area contributed by atoms with E-state index in [-0.39, 0.29) is 5.82 Å². The molecule has 1 aromatic rings. The highest BCUT2D eigenvalue weighted by Gasteiger charge is 2.37. The number of methoxy groups -OCH3 is 1. The van der Waals surface area contributed by atoms with E-state index in [1.54, 1.807) is 19.9 Å². The number of hydrogen-bond acceptors (Lipinski definition) is 3. The van der Waals surface area contributed by atoms with E-state index < -0.39 is 17.4 Å². The van der Waals surface area contributed by atoms with Crippen LogP contribution in [0.1, 0.15) is 25.5 Å². The molecule has 0 aromatic heterocycles. The third-order valence-electron chi connectivity index (χ3n) is 2.79. The van der Waals surface area contributed by atoms with Gasteiger partial charge in [-0.25, -0.2) is 4.39 Å². The Bertz CT molecular complexity index is 435. The fourth-order valence-electron chi connectivity index (χ4n) is 1.53.